The monoisotopic (exact) mass is 406 g/mol. The molecule has 30 heavy (non-hydrogen) atoms. The number of amides is 1. The normalized spacial score (nSPS) is 16.4. The number of carbonyl (C=O) groups is 1. The van der Waals surface area contributed by atoms with Gasteiger partial charge in [-0.15, -0.1) is 0 Å². The fourth-order valence-corrected chi connectivity index (χ4v) is 4.10. The molecule has 1 saturated heterocycles. The molecule has 4 rings (SSSR count). The highest BCUT2D eigenvalue weighted by atomic mass is 16.6. The molecule has 7 nitrogen and oxygen atoms in total. The number of likely N-dealkylation sites (tertiary alicyclic amines) is 1. The summed E-state index contributed by atoms with van der Waals surface area (Å²) < 4.78 is 6.40. The van der Waals surface area contributed by atoms with Crippen LogP contribution in [-0.4, -0.2) is 32.2 Å². The van der Waals surface area contributed by atoms with Crippen molar-refractivity contribution in [3.05, 3.63) is 75.0 Å². The van der Waals surface area contributed by atoms with Crippen LogP contribution in [0.3, 0.4) is 0 Å². The van der Waals surface area contributed by atoms with Crippen molar-refractivity contribution < 1.29 is 9.42 Å². The first-order valence-electron chi connectivity index (χ1n) is 10.3. The summed E-state index contributed by atoms with van der Waals surface area (Å²) >= 11 is 0. The van der Waals surface area contributed by atoms with Gasteiger partial charge in [0.2, 0.25) is 0 Å². The number of aryl methyl sites for hydroxylation is 2. The van der Waals surface area contributed by atoms with Gasteiger partial charge in [-0.05, 0) is 61.9 Å². The number of aromatic nitrogens is 3. The molecule has 1 unspecified atom stereocenters. The lowest BCUT2D eigenvalue weighted by Crippen LogP contribution is -2.37. The average Bonchev–Trinajstić information content (AvgIpc) is 3.36. The molecule has 1 aromatic carbocycles. The standard InChI is InChI=1S/C23H26N4O3/c1-14(2)17-7-5-8-18(13-17)26-12-10-15(3)20(22(26)28)23(29)27-11-6-9-19(27)21-16(4)24-30-25-21/h5,7-8,10,12-14,19H,6,9,11H2,1-4H3. The van der Waals surface area contributed by atoms with E-state index in [1.165, 1.54) is 0 Å². The highest BCUT2D eigenvalue weighted by molar-refractivity contribution is 5.95. The summed E-state index contributed by atoms with van der Waals surface area (Å²) in [5, 5.41) is 7.85. The van der Waals surface area contributed by atoms with Gasteiger partial charge < -0.3 is 4.90 Å². The van der Waals surface area contributed by atoms with Gasteiger partial charge in [-0.3, -0.25) is 14.2 Å². The second-order valence-electron chi connectivity index (χ2n) is 8.19. The van der Waals surface area contributed by atoms with Gasteiger partial charge in [0.05, 0.1) is 6.04 Å². The lowest BCUT2D eigenvalue weighted by atomic mass is 10.0. The Morgan fingerprint density at radius 3 is 2.70 bits per heavy atom. The van der Waals surface area contributed by atoms with Gasteiger partial charge >= 0.3 is 0 Å². The minimum atomic E-state index is -0.304. The Bertz CT molecular complexity index is 1150. The average molecular weight is 406 g/mol. The zero-order valence-corrected chi connectivity index (χ0v) is 17.8. The molecule has 1 aliphatic rings. The maximum absolute atomic E-state index is 13.5. The molecule has 3 heterocycles. The number of nitrogens with zero attached hydrogens (tertiary/aromatic N) is 4. The first-order chi connectivity index (χ1) is 14.4. The number of carbonyl (C=O) groups excluding carboxylic acids is 1. The lowest BCUT2D eigenvalue weighted by molar-refractivity contribution is 0.0727. The second-order valence-corrected chi connectivity index (χ2v) is 8.19. The van der Waals surface area contributed by atoms with Crippen LogP contribution in [0.15, 0.2) is 46.0 Å². The number of pyridine rings is 1. The van der Waals surface area contributed by atoms with Crippen LogP contribution in [0.5, 0.6) is 0 Å². The molecule has 1 atom stereocenters. The van der Waals surface area contributed by atoms with Gasteiger partial charge in [-0.2, -0.15) is 0 Å². The Morgan fingerprint density at radius 1 is 1.20 bits per heavy atom. The van der Waals surface area contributed by atoms with Gasteiger partial charge in [0.15, 0.2) is 0 Å². The van der Waals surface area contributed by atoms with Crippen LogP contribution >= 0.6 is 0 Å². The van der Waals surface area contributed by atoms with Crippen molar-refractivity contribution in [2.75, 3.05) is 6.54 Å². The van der Waals surface area contributed by atoms with Crippen LogP contribution < -0.4 is 5.56 Å². The largest absolute Gasteiger partial charge is 0.330 e. The maximum Gasteiger partial charge on any atom is 0.268 e. The lowest BCUT2D eigenvalue weighted by Gasteiger charge is -2.24. The maximum atomic E-state index is 13.5. The van der Waals surface area contributed by atoms with Crippen molar-refractivity contribution in [2.24, 2.45) is 0 Å². The van der Waals surface area contributed by atoms with E-state index in [1.807, 2.05) is 37.3 Å². The molecule has 0 bridgehead atoms. The van der Waals surface area contributed by atoms with Gasteiger partial charge in [0.25, 0.3) is 11.5 Å². The molecule has 7 heteroatoms. The van der Waals surface area contributed by atoms with E-state index in [4.69, 9.17) is 4.63 Å². The second kappa shape index (κ2) is 7.89. The predicted octanol–water partition coefficient (Wildman–Crippen LogP) is 3.94. The minimum Gasteiger partial charge on any atom is -0.330 e. The molecule has 0 aliphatic carbocycles. The molecule has 1 aliphatic heterocycles. The Kier molecular flexibility index (Phi) is 5.28. The molecule has 1 fully saturated rings. The SMILES string of the molecule is Cc1ccn(-c2cccc(C(C)C)c2)c(=O)c1C(=O)N1CCCC1c1nonc1C. The summed E-state index contributed by atoms with van der Waals surface area (Å²) in [5.74, 6) is 0.0774. The van der Waals surface area contributed by atoms with Gasteiger partial charge in [0, 0.05) is 18.4 Å². The number of rotatable bonds is 4. The molecule has 3 aromatic rings. The fraction of sp³-hybridized carbons (Fsp3) is 0.391. The zero-order chi connectivity index (χ0) is 21.4. The summed E-state index contributed by atoms with van der Waals surface area (Å²) in [6.07, 6.45) is 3.36. The van der Waals surface area contributed by atoms with Crippen LogP contribution in [0.1, 0.15) is 71.5 Å². The number of benzene rings is 1. The van der Waals surface area contributed by atoms with Crippen molar-refractivity contribution in [2.45, 2.75) is 52.5 Å². The molecular weight excluding hydrogens is 380 g/mol. The predicted molar refractivity (Wildman–Crippen MR) is 113 cm³/mol. The summed E-state index contributed by atoms with van der Waals surface area (Å²) in [7, 11) is 0. The van der Waals surface area contributed by atoms with Crippen LogP contribution in [0, 0.1) is 13.8 Å². The topological polar surface area (TPSA) is 81.2 Å². The van der Waals surface area contributed by atoms with E-state index in [0.717, 1.165) is 24.1 Å². The Morgan fingerprint density at radius 2 is 2.00 bits per heavy atom. The zero-order valence-electron chi connectivity index (χ0n) is 17.8. The van der Waals surface area contributed by atoms with Gasteiger partial charge in [-0.25, -0.2) is 4.63 Å². The molecule has 0 N–H and O–H groups in total. The third kappa shape index (κ3) is 3.44. The van der Waals surface area contributed by atoms with Crippen molar-refractivity contribution >= 4 is 5.91 Å². The van der Waals surface area contributed by atoms with Crippen molar-refractivity contribution in [3.63, 3.8) is 0 Å². The molecule has 1 amide bonds. The van der Waals surface area contributed by atoms with E-state index in [0.29, 0.717) is 29.4 Å². The molecular formula is C23H26N4O3. The third-order valence-corrected chi connectivity index (χ3v) is 5.85. The molecule has 0 spiro atoms. The van der Waals surface area contributed by atoms with Crippen LogP contribution in [0.25, 0.3) is 5.69 Å². The number of hydrogen-bond donors (Lipinski definition) is 0. The minimum absolute atomic E-state index is 0.202. The van der Waals surface area contributed by atoms with E-state index in [2.05, 4.69) is 24.2 Å². The van der Waals surface area contributed by atoms with Gasteiger partial charge in [-0.1, -0.05) is 36.3 Å². The van der Waals surface area contributed by atoms with Gasteiger partial charge in [0.1, 0.15) is 17.0 Å². The molecule has 156 valence electrons. The smallest absolute Gasteiger partial charge is 0.268 e. The van der Waals surface area contributed by atoms with E-state index in [1.54, 1.807) is 22.6 Å². The first kappa shape index (κ1) is 20.1. The van der Waals surface area contributed by atoms with Crippen molar-refractivity contribution in [1.29, 1.82) is 0 Å². The van der Waals surface area contributed by atoms with E-state index >= 15 is 0 Å². The molecule has 0 radical (unpaired) electrons. The first-order valence-corrected chi connectivity index (χ1v) is 10.3. The summed E-state index contributed by atoms with van der Waals surface area (Å²) in [5.41, 5.74) is 3.81. The molecule has 2 aromatic heterocycles. The summed E-state index contributed by atoms with van der Waals surface area (Å²) in [6, 6.07) is 9.47. The quantitative estimate of drug-likeness (QED) is 0.656. The van der Waals surface area contributed by atoms with E-state index in [9.17, 15) is 9.59 Å². The Hall–Kier alpha value is -3.22. The van der Waals surface area contributed by atoms with Crippen LogP contribution in [0.2, 0.25) is 0 Å². The third-order valence-electron chi connectivity index (χ3n) is 5.85. The molecule has 0 saturated carbocycles. The highest BCUT2D eigenvalue weighted by Gasteiger charge is 2.35. The van der Waals surface area contributed by atoms with Crippen LogP contribution in [-0.2, 0) is 0 Å². The van der Waals surface area contributed by atoms with Crippen molar-refractivity contribution in [1.82, 2.24) is 19.8 Å². The van der Waals surface area contributed by atoms with Crippen molar-refractivity contribution in [3.8, 4) is 5.69 Å². The Balaban J connectivity index is 1.75. The number of hydrogen-bond acceptors (Lipinski definition) is 5. The Labute approximate surface area is 175 Å². The summed E-state index contributed by atoms with van der Waals surface area (Å²) in [4.78, 5) is 28.6. The van der Waals surface area contributed by atoms with E-state index in [-0.39, 0.29) is 23.1 Å². The fourth-order valence-electron chi connectivity index (χ4n) is 4.10. The summed E-state index contributed by atoms with van der Waals surface area (Å²) in [6.45, 7) is 8.42. The van der Waals surface area contributed by atoms with E-state index < -0.39 is 0 Å². The van der Waals surface area contributed by atoms with Crippen LogP contribution in [0.4, 0.5) is 0 Å². The highest BCUT2D eigenvalue weighted by Crippen LogP contribution is 2.33.